The van der Waals surface area contributed by atoms with Gasteiger partial charge in [-0.3, -0.25) is 9.97 Å². The lowest BCUT2D eigenvalue weighted by Gasteiger charge is -2.04. The molecule has 7 nitrogen and oxygen atoms in total. The van der Waals surface area contributed by atoms with Crippen LogP contribution in [-0.2, 0) is 0 Å². The van der Waals surface area contributed by atoms with E-state index in [-0.39, 0.29) is 11.6 Å². The fourth-order valence-electron chi connectivity index (χ4n) is 3.01. The summed E-state index contributed by atoms with van der Waals surface area (Å²) in [6.45, 7) is 0. The van der Waals surface area contributed by atoms with Crippen LogP contribution < -0.4 is 0 Å². The highest BCUT2D eigenvalue weighted by Gasteiger charge is 2.18. The average Bonchev–Trinajstić information content (AvgIpc) is 3.22. The molecule has 0 atom stereocenters. The van der Waals surface area contributed by atoms with Crippen LogP contribution in [0.5, 0.6) is 0 Å². The van der Waals surface area contributed by atoms with Crippen molar-refractivity contribution >= 4 is 0 Å². The van der Waals surface area contributed by atoms with Crippen LogP contribution in [0.1, 0.15) is 0 Å². The average molecular weight is 395 g/mol. The summed E-state index contributed by atoms with van der Waals surface area (Å²) >= 11 is 0. The quantitative estimate of drug-likeness (QED) is 0.452. The van der Waals surface area contributed by atoms with Gasteiger partial charge in [0.2, 0.25) is 11.6 Å². The summed E-state index contributed by atoms with van der Waals surface area (Å²) in [5.74, 6) is -0.0133. The van der Waals surface area contributed by atoms with Crippen LogP contribution in [0.3, 0.4) is 0 Å². The molecule has 30 heavy (non-hydrogen) atoms. The second-order valence-electron chi connectivity index (χ2n) is 6.37. The Hall–Kier alpha value is -4.33. The zero-order chi connectivity index (χ0) is 20.3. The molecule has 0 saturated carbocycles. The van der Waals surface area contributed by atoms with Gasteiger partial charge in [0, 0.05) is 12.4 Å². The maximum atomic E-state index is 15.2. The normalized spacial score (nSPS) is 10.8. The highest BCUT2D eigenvalue weighted by molar-refractivity contribution is 5.63. The van der Waals surface area contributed by atoms with Crippen molar-refractivity contribution in [3.63, 3.8) is 0 Å². The molecule has 5 aromatic rings. The van der Waals surface area contributed by atoms with E-state index < -0.39 is 0 Å². The van der Waals surface area contributed by atoms with Crippen LogP contribution in [0.25, 0.3) is 45.8 Å². The molecule has 0 saturated heterocycles. The molecule has 5 heterocycles. The maximum absolute atomic E-state index is 15.2. The number of halogens is 1. The van der Waals surface area contributed by atoms with Gasteiger partial charge in [-0.05, 0) is 48.5 Å². The Balaban J connectivity index is 1.53. The molecule has 144 valence electrons. The van der Waals surface area contributed by atoms with E-state index in [1.54, 1.807) is 36.7 Å². The van der Waals surface area contributed by atoms with Gasteiger partial charge in [0.25, 0.3) is 0 Å². The van der Waals surface area contributed by atoms with Crippen LogP contribution in [-0.4, -0.2) is 34.9 Å². The lowest BCUT2D eigenvalue weighted by molar-refractivity contribution is 0.378. The Bertz CT molecular complexity index is 1200. The molecule has 0 aromatic carbocycles. The van der Waals surface area contributed by atoms with Gasteiger partial charge in [-0.1, -0.05) is 28.7 Å². The smallest absolute Gasteiger partial charge is 0.212 e. The van der Waals surface area contributed by atoms with E-state index in [1.165, 1.54) is 0 Å². The molecule has 0 aliphatic carbocycles. The molecule has 0 fully saturated rings. The molecule has 0 amide bonds. The lowest BCUT2D eigenvalue weighted by Crippen LogP contribution is -1.97. The first-order valence-electron chi connectivity index (χ1n) is 9.19. The van der Waals surface area contributed by atoms with E-state index in [0.717, 1.165) is 0 Å². The minimum atomic E-state index is -0.00665. The molecule has 0 radical (unpaired) electrons. The summed E-state index contributed by atoms with van der Waals surface area (Å²) < 4.78 is 15.2. The third-order valence-electron chi connectivity index (χ3n) is 4.42. The number of hydrogen-bond acceptors (Lipinski definition) is 6. The minimum absolute atomic E-state index is 0.00665. The van der Waals surface area contributed by atoms with Gasteiger partial charge in [-0.15, -0.1) is 15.0 Å². The standard InChI is InChI=1S/C22H14FN7/c23-30-21(19-11-5-9-17(26-19)15-7-1-3-13-24-15)28-29-22(30)20-12-6-10-18(27-20)16-8-2-4-14-25-16/h1-14H. The van der Waals surface area contributed by atoms with Crippen molar-refractivity contribution in [1.29, 1.82) is 0 Å². The summed E-state index contributed by atoms with van der Waals surface area (Å²) in [6, 6.07) is 21.6. The molecule has 8 heteroatoms. The van der Waals surface area contributed by atoms with E-state index in [9.17, 15) is 0 Å². The van der Waals surface area contributed by atoms with Gasteiger partial charge >= 0.3 is 0 Å². The molecule has 0 aliphatic heterocycles. The number of rotatable bonds is 4. The molecular formula is C22H14FN7. The highest BCUT2D eigenvalue weighted by atomic mass is 19.2. The highest BCUT2D eigenvalue weighted by Crippen LogP contribution is 2.25. The second kappa shape index (κ2) is 7.59. The van der Waals surface area contributed by atoms with Crippen LogP contribution in [0.2, 0.25) is 0 Å². The van der Waals surface area contributed by atoms with Crippen LogP contribution in [0, 0.1) is 0 Å². The molecule has 0 N–H and O–H groups in total. The van der Waals surface area contributed by atoms with Crippen molar-refractivity contribution in [2.45, 2.75) is 0 Å². The van der Waals surface area contributed by atoms with E-state index in [4.69, 9.17) is 0 Å². The summed E-state index contributed by atoms with van der Waals surface area (Å²) in [6.07, 6.45) is 3.36. The third kappa shape index (κ3) is 3.30. The van der Waals surface area contributed by atoms with Gasteiger partial charge < -0.3 is 0 Å². The van der Waals surface area contributed by atoms with E-state index in [0.29, 0.717) is 39.0 Å². The van der Waals surface area contributed by atoms with Crippen molar-refractivity contribution in [3.8, 4) is 45.8 Å². The number of pyridine rings is 4. The summed E-state index contributed by atoms with van der Waals surface area (Å²) in [4.78, 5) is 17.9. The lowest BCUT2D eigenvalue weighted by atomic mass is 10.2. The molecule has 5 aromatic heterocycles. The summed E-state index contributed by atoms with van der Waals surface area (Å²) in [5, 5.41) is 8.00. The van der Waals surface area contributed by atoms with Gasteiger partial charge in [-0.25, -0.2) is 9.97 Å². The molecule has 0 unspecified atom stereocenters. The predicted molar refractivity (Wildman–Crippen MR) is 109 cm³/mol. The zero-order valence-electron chi connectivity index (χ0n) is 15.6. The summed E-state index contributed by atoms with van der Waals surface area (Å²) in [5.41, 5.74) is 3.31. The Morgan fingerprint density at radius 1 is 0.500 bits per heavy atom. The molecule has 5 rings (SSSR count). The molecule has 0 spiro atoms. The fourth-order valence-corrected chi connectivity index (χ4v) is 3.01. The Kier molecular flexibility index (Phi) is 4.49. The Morgan fingerprint density at radius 3 is 1.37 bits per heavy atom. The van der Waals surface area contributed by atoms with Gasteiger partial charge in [0.05, 0.1) is 22.8 Å². The predicted octanol–water partition coefficient (Wildman–Crippen LogP) is 4.26. The van der Waals surface area contributed by atoms with Crippen molar-refractivity contribution in [1.82, 2.24) is 34.9 Å². The third-order valence-corrected chi connectivity index (χ3v) is 4.42. The topological polar surface area (TPSA) is 82.3 Å². The number of nitrogens with zero attached hydrogens (tertiary/aromatic N) is 7. The van der Waals surface area contributed by atoms with Crippen molar-refractivity contribution < 1.29 is 4.48 Å². The first-order valence-corrected chi connectivity index (χ1v) is 9.19. The van der Waals surface area contributed by atoms with E-state index in [2.05, 4.69) is 30.1 Å². The number of hydrogen-bond donors (Lipinski definition) is 0. The Morgan fingerprint density at radius 2 is 0.933 bits per heavy atom. The first kappa shape index (κ1) is 17.7. The SMILES string of the molecule is Fn1c(-c2cccc(-c3ccccn3)n2)nnc1-c1cccc(-c2ccccn2)n1. The van der Waals surface area contributed by atoms with Gasteiger partial charge in [0.15, 0.2) is 0 Å². The van der Waals surface area contributed by atoms with Crippen LogP contribution in [0.4, 0.5) is 4.48 Å². The minimum Gasteiger partial charge on any atom is -0.255 e. The molecule has 0 aliphatic rings. The van der Waals surface area contributed by atoms with Gasteiger partial charge in [-0.2, -0.15) is 0 Å². The van der Waals surface area contributed by atoms with E-state index >= 15 is 4.48 Å². The molecule has 0 bridgehead atoms. The largest absolute Gasteiger partial charge is 0.255 e. The maximum Gasteiger partial charge on any atom is 0.212 e. The Labute approximate surface area is 170 Å². The number of aromatic nitrogens is 7. The first-order chi connectivity index (χ1) is 14.8. The van der Waals surface area contributed by atoms with Crippen LogP contribution >= 0.6 is 0 Å². The zero-order valence-corrected chi connectivity index (χ0v) is 15.6. The van der Waals surface area contributed by atoms with Crippen molar-refractivity contribution in [2.24, 2.45) is 0 Å². The molecular weight excluding hydrogens is 381 g/mol. The van der Waals surface area contributed by atoms with E-state index in [1.807, 2.05) is 48.5 Å². The van der Waals surface area contributed by atoms with Crippen molar-refractivity contribution in [2.75, 3.05) is 0 Å². The van der Waals surface area contributed by atoms with Crippen LogP contribution in [0.15, 0.2) is 85.2 Å². The monoisotopic (exact) mass is 395 g/mol. The summed E-state index contributed by atoms with van der Waals surface area (Å²) in [7, 11) is 0. The fraction of sp³-hybridized carbons (Fsp3) is 0. The van der Waals surface area contributed by atoms with Crippen molar-refractivity contribution in [3.05, 3.63) is 85.2 Å². The van der Waals surface area contributed by atoms with Gasteiger partial charge in [0.1, 0.15) is 11.4 Å². The second-order valence-corrected chi connectivity index (χ2v) is 6.37.